The minimum absolute atomic E-state index is 0.0583. The quantitative estimate of drug-likeness (QED) is 0.866. The molecule has 0 unspecified atom stereocenters. The third-order valence-electron chi connectivity index (χ3n) is 4.88. The molecular weight excluding hydrogens is 302 g/mol. The molecule has 24 heavy (non-hydrogen) atoms. The number of methoxy groups -OCH3 is 1. The maximum Gasteiger partial charge on any atom is 0.267 e. The van der Waals surface area contributed by atoms with Gasteiger partial charge in [0.25, 0.3) is 5.56 Å². The predicted molar refractivity (Wildman–Crippen MR) is 96.3 cm³/mol. The van der Waals surface area contributed by atoms with Crippen LogP contribution >= 0.6 is 0 Å². The summed E-state index contributed by atoms with van der Waals surface area (Å²) in [5.74, 6) is 1.78. The van der Waals surface area contributed by atoms with Crippen molar-refractivity contribution < 1.29 is 4.74 Å². The van der Waals surface area contributed by atoms with Crippen molar-refractivity contribution in [2.24, 2.45) is 0 Å². The van der Waals surface area contributed by atoms with E-state index < -0.39 is 0 Å². The average molecular weight is 327 g/mol. The fourth-order valence-electron chi connectivity index (χ4n) is 3.41. The molecule has 0 aliphatic carbocycles. The van der Waals surface area contributed by atoms with Gasteiger partial charge in [0.1, 0.15) is 5.75 Å². The molecule has 2 aromatic rings. The first-order chi connectivity index (χ1) is 11.5. The number of benzene rings is 1. The van der Waals surface area contributed by atoms with Gasteiger partial charge in [0.05, 0.1) is 13.7 Å². The minimum Gasteiger partial charge on any atom is -0.496 e. The fraction of sp³-hybridized carbons (Fsp3) is 0.474. The molecule has 1 aromatic heterocycles. The second kappa shape index (κ2) is 6.67. The lowest BCUT2D eigenvalue weighted by molar-refractivity contribution is 0.410. The maximum atomic E-state index is 12.4. The van der Waals surface area contributed by atoms with Crippen molar-refractivity contribution in [2.45, 2.75) is 40.2 Å². The Bertz CT molecular complexity index is 805. The Morgan fingerprint density at radius 2 is 1.83 bits per heavy atom. The number of hydrogen-bond donors (Lipinski definition) is 0. The predicted octanol–water partition coefficient (Wildman–Crippen LogP) is 2.83. The molecule has 0 bridgehead atoms. The van der Waals surface area contributed by atoms with Crippen LogP contribution in [0.3, 0.4) is 0 Å². The molecule has 5 heteroatoms. The number of aromatic nitrogens is 2. The van der Waals surface area contributed by atoms with E-state index in [1.54, 1.807) is 17.9 Å². The van der Waals surface area contributed by atoms with Gasteiger partial charge in [-0.25, -0.2) is 4.68 Å². The monoisotopic (exact) mass is 327 g/mol. The highest BCUT2D eigenvalue weighted by molar-refractivity contribution is 5.46. The standard InChI is InChI=1S/C19H25N3O2/c1-13-7-8-17(24-4)15(3)16(13)12-22-18(23)11-14(2)19(20-22)21-9-5-6-10-21/h7-8,11H,5-6,9-10,12H2,1-4H3. The van der Waals surface area contributed by atoms with Gasteiger partial charge in [0, 0.05) is 19.2 Å². The van der Waals surface area contributed by atoms with Crippen LogP contribution in [0.15, 0.2) is 23.0 Å². The number of ether oxygens (including phenoxy) is 1. The molecule has 2 heterocycles. The van der Waals surface area contributed by atoms with Gasteiger partial charge in [-0.2, -0.15) is 5.10 Å². The second-order valence-electron chi connectivity index (χ2n) is 6.53. The number of rotatable bonds is 4. The Hall–Kier alpha value is -2.30. The molecule has 1 aliphatic heterocycles. The van der Waals surface area contributed by atoms with Crippen LogP contribution < -0.4 is 15.2 Å². The van der Waals surface area contributed by atoms with E-state index in [-0.39, 0.29) is 5.56 Å². The van der Waals surface area contributed by atoms with E-state index in [1.807, 2.05) is 26.0 Å². The molecule has 1 saturated heterocycles. The largest absolute Gasteiger partial charge is 0.496 e. The zero-order chi connectivity index (χ0) is 17.3. The summed E-state index contributed by atoms with van der Waals surface area (Å²) in [7, 11) is 1.67. The number of hydrogen-bond acceptors (Lipinski definition) is 4. The Morgan fingerprint density at radius 3 is 2.50 bits per heavy atom. The lowest BCUT2D eigenvalue weighted by Gasteiger charge is -2.20. The highest BCUT2D eigenvalue weighted by Gasteiger charge is 2.18. The molecule has 3 rings (SSSR count). The van der Waals surface area contributed by atoms with E-state index in [1.165, 1.54) is 12.8 Å². The smallest absolute Gasteiger partial charge is 0.267 e. The Balaban J connectivity index is 2.01. The summed E-state index contributed by atoms with van der Waals surface area (Å²) < 4.78 is 7.00. The maximum absolute atomic E-state index is 12.4. The minimum atomic E-state index is -0.0583. The summed E-state index contributed by atoms with van der Waals surface area (Å²) in [4.78, 5) is 14.7. The van der Waals surface area contributed by atoms with Gasteiger partial charge >= 0.3 is 0 Å². The van der Waals surface area contributed by atoms with Crippen LogP contribution in [0.1, 0.15) is 35.1 Å². The van der Waals surface area contributed by atoms with Crippen molar-refractivity contribution >= 4 is 5.82 Å². The van der Waals surface area contributed by atoms with Crippen LogP contribution in [-0.4, -0.2) is 30.0 Å². The van der Waals surface area contributed by atoms with E-state index in [0.29, 0.717) is 6.54 Å². The summed E-state index contributed by atoms with van der Waals surface area (Å²) in [6.45, 7) is 8.56. The molecule has 0 amide bonds. The Labute approximate surface area is 142 Å². The van der Waals surface area contributed by atoms with Gasteiger partial charge in [-0.15, -0.1) is 0 Å². The van der Waals surface area contributed by atoms with Gasteiger partial charge < -0.3 is 9.64 Å². The van der Waals surface area contributed by atoms with Crippen molar-refractivity contribution in [3.63, 3.8) is 0 Å². The number of aryl methyl sites for hydroxylation is 2. The van der Waals surface area contributed by atoms with E-state index in [4.69, 9.17) is 4.74 Å². The molecule has 1 aliphatic rings. The number of anilines is 1. The molecule has 5 nitrogen and oxygen atoms in total. The Kier molecular flexibility index (Phi) is 4.60. The zero-order valence-corrected chi connectivity index (χ0v) is 14.9. The van der Waals surface area contributed by atoms with Crippen molar-refractivity contribution in [2.75, 3.05) is 25.1 Å². The van der Waals surface area contributed by atoms with Crippen molar-refractivity contribution in [1.82, 2.24) is 9.78 Å². The van der Waals surface area contributed by atoms with Crippen LogP contribution in [0.25, 0.3) is 0 Å². The van der Waals surface area contributed by atoms with Crippen molar-refractivity contribution in [1.29, 1.82) is 0 Å². The zero-order valence-electron chi connectivity index (χ0n) is 14.9. The highest BCUT2D eigenvalue weighted by atomic mass is 16.5. The molecule has 0 N–H and O–H groups in total. The molecule has 128 valence electrons. The Morgan fingerprint density at radius 1 is 1.12 bits per heavy atom. The third kappa shape index (κ3) is 3.03. The summed E-state index contributed by atoms with van der Waals surface area (Å²) in [5.41, 5.74) is 4.20. The van der Waals surface area contributed by atoms with Crippen molar-refractivity contribution in [3.05, 3.63) is 50.8 Å². The first kappa shape index (κ1) is 16.6. The number of nitrogens with zero attached hydrogens (tertiary/aromatic N) is 3. The van der Waals surface area contributed by atoms with Crippen LogP contribution in [0.5, 0.6) is 5.75 Å². The highest BCUT2D eigenvalue weighted by Crippen LogP contribution is 2.25. The lowest BCUT2D eigenvalue weighted by atomic mass is 10.0. The van der Waals surface area contributed by atoms with E-state index in [0.717, 1.165) is 46.9 Å². The summed E-state index contributed by atoms with van der Waals surface area (Å²) in [6.07, 6.45) is 2.38. The van der Waals surface area contributed by atoms with Gasteiger partial charge in [0.15, 0.2) is 5.82 Å². The fourth-order valence-corrected chi connectivity index (χ4v) is 3.41. The van der Waals surface area contributed by atoms with Crippen LogP contribution in [0, 0.1) is 20.8 Å². The summed E-state index contributed by atoms with van der Waals surface area (Å²) >= 11 is 0. The lowest BCUT2D eigenvalue weighted by Crippen LogP contribution is -2.29. The molecule has 1 aromatic carbocycles. The third-order valence-corrected chi connectivity index (χ3v) is 4.88. The first-order valence-corrected chi connectivity index (χ1v) is 8.48. The topological polar surface area (TPSA) is 47.4 Å². The van der Waals surface area contributed by atoms with E-state index in [2.05, 4.69) is 16.9 Å². The van der Waals surface area contributed by atoms with E-state index in [9.17, 15) is 4.79 Å². The van der Waals surface area contributed by atoms with Crippen LogP contribution in [-0.2, 0) is 6.54 Å². The summed E-state index contributed by atoms with van der Waals surface area (Å²) in [6, 6.07) is 5.70. The molecular formula is C19H25N3O2. The summed E-state index contributed by atoms with van der Waals surface area (Å²) in [5, 5.41) is 4.68. The first-order valence-electron chi connectivity index (χ1n) is 8.48. The molecule has 1 fully saturated rings. The van der Waals surface area contributed by atoms with Gasteiger partial charge in [-0.1, -0.05) is 6.07 Å². The second-order valence-corrected chi connectivity index (χ2v) is 6.53. The van der Waals surface area contributed by atoms with Gasteiger partial charge in [-0.05, 0) is 61.9 Å². The molecule has 0 saturated carbocycles. The van der Waals surface area contributed by atoms with Gasteiger partial charge in [0.2, 0.25) is 0 Å². The molecule has 0 radical (unpaired) electrons. The molecule has 0 spiro atoms. The van der Waals surface area contributed by atoms with Crippen LogP contribution in [0.4, 0.5) is 5.82 Å². The van der Waals surface area contributed by atoms with E-state index >= 15 is 0 Å². The normalized spacial score (nSPS) is 14.2. The van der Waals surface area contributed by atoms with Crippen LogP contribution in [0.2, 0.25) is 0 Å². The molecule has 0 atom stereocenters. The van der Waals surface area contributed by atoms with Gasteiger partial charge in [-0.3, -0.25) is 4.79 Å². The van der Waals surface area contributed by atoms with Crippen molar-refractivity contribution in [3.8, 4) is 5.75 Å². The average Bonchev–Trinajstić information content (AvgIpc) is 3.07. The SMILES string of the molecule is COc1ccc(C)c(Cn2nc(N3CCCC3)c(C)cc2=O)c1C.